The summed E-state index contributed by atoms with van der Waals surface area (Å²) in [6.45, 7) is 1.09. The van der Waals surface area contributed by atoms with E-state index in [1.54, 1.807) is 13.2 Å². The van der Waals surface area contributed by atoms with Crippen LogP contribution in [0, 0.1) is 0 Å². The van der Waals surface area contributed by atoms with Crippen molar-refractivity contribution in [2.24, 2.45) is 0 Å². The van der Waals surface area contributed by atoms with Crippen molar-refractivity contribution < 1.29 is 43.4 Å². The van der Waals surface area contributed by atoms with Crippen LogP contribution in [0.15, 0.2) is 91.0 Å². The quantitative estimate of drug-likeness (QED) is 0.195. The zero-order chi connectivity index (χ0) is 32.0. The Morgan fingerprint density at radius 1 is 0.761 bits per heavy atom. The summed E-state index contributed by atoms with van der Waals surface area (Å²) in [6, 6.07) is 28.4. The molecule has 2 heterocycles. The molecular weight excluding hydrogens is 590 g/mol. The monoisotopic (exact) mass is 627 g/mol. The molecule has 240 valence electrons. The first-order valence-electron chi connectivity index (χ1n) is 15.1. The molecule has 0 unspecified atom stereocenters. The maximum Gasteiger partial charge on any atom is 0.339 e. The molecular formula is C36H37NO9. The van der Waals surface area contributed by atoms with Crippen LogP contribution in [0.3, 0.4) is 0 Å². The molecule has 0 amide bonds. The van der Waals surface area contributed by atoms with Gasteiger partial charge in [0.05, 0.1) is 25.9 Å². The largest absolute Gasteiger partial charge is 0.497 e. The average Bonchev–Trinajstić information content (AvgIpc) is 3.09. The Morgan fingerprint density at radius 2 is 1.41 bits per heavy atom. The number of esters is 1. The highest BCUT2D eigenvalue weighted by atomic mass is 16.6. The number of aliphatic hydroxyl groups is 2. The minimum absolute atomic E-state index is 0.163. The third-order valence-electron chi connectivity index (χ3n) is 8.18. The number of fused-ring (bicyclic) bond motifs is 3. The van der Waals surface area contributed by atoms with Gasteiger partial charge in [0.15, 0.2) is 17.6 Å². The number of carbonyl (C=O) groups excluding carboxylic acids is 1. The van der Waals surface area contributed by atoms with Gasteiger partial charge in [0.2, 0.25) is 5.75 Å². The summed E-state index contributed by atoms with van der Waals surface area (Å²) < 4.78 is 35.8. The fourth-order valence-corrected chi connectivity index (χ4v) is 5.75. The molecule has 2 aliphatic rings. The number of nitrogens with one attached hydrogen (secondary N) is 1. The number of rotatable bonds is 12. The lowest BCUT2D eigenvalue weighted by Crippen LogP contribution is -2.59. The summed E-state index contributed by atoms with van der Waals surface area (Å²) in [5, 5.41) is 25.5. The van der Waals surface area contributed by atoms with Crippen LogP contribution in [0.4, 0.5) is 0 Å². The van der Waals surface area contributed by atoms with Crippen molar-refractivity contribution in [2.75, 3.05) is 20.8 Å². The van der Waals surface area contributed by atoms with E-state index in [1.165, 1.54) is 7.11 Å². The van der Waals surface area contributed by atoms with Crippen molar-refractivity contribution in [1.29, 1.82) is 0 Å². The molecule has 0 saturated carbocycles. The Labute approximate surface area is 267 Å². The van der Waals surface area contributed by atoms with E-state index >= 15 is 0 Å². The lowest BCUT2D eigenvalue weighted by molar-refractivity contribution is -0.227. The molecule has 46 heavy (non-hydrogen) atoms. The van der Waals surface area contributed by atoms with Crippen LogP contribution in [0.25, 0.3) is 0 Å². The van der Waals surface area contributed by atoms with E-state index in [0.717, 1.165) is 22.4 Å². The summed E-state index contributed by atoms with van der Waals surface area (Å²) in [4.78, 5) is 13.5. The molecule has 10 heteroatoms. The normalized spacial score (nSPS) is 21.8. The first kappa shape index (κ1) is 31.4. The minimum atomic E-state index is -1.41. The summed E-state index contributed by atoms with van der Waals surface area (Å²) in [5.41, 5.74) is 3.36. The van der Waals surface area contributed by atoms with Crippen molar-refractivity contribution in [3.05, 3.63) is 119 Å². The predicted octanol–water partition coefficient (Wildman–Crippen LogP) is 4.35. The van der Waals surface area contributed by atoms with Crippen LogP contribution in [-0.4, -0.2) is 61.4 Å². The molecule has 1 saturated heterocycles. The molecule has 0 bridgehead atoms. The third-order valence-corrected chi connectivity index (χ3v) is 8.18. The SMILES string of the molecule is COc1ccc(CNC[C@H]2O[C@H]3c4c(cc(OCc5ccccc5)c(OC)c4OCc4ccccc4)C(=O)O[C@@H]3[C@@H](O)[C@@H]2O)cc1. The standard InChI is InChI=1S/C36H37NO9/c1-41-25-15-13-22(14-16-25)18-37-19-28-30(38)31(39)35-34(45-28)29-26(36(40)46-35)17-27(43-20-23-9-5-3-6-10-23)32(42-2)33(29)44-21-24-11-7-4-8-12-24/h3-17,28,30-31,34-35,37-39H,18-21H2,1-2H3/t28-,30-,31+,34+,35-/m1/s1. The van der Waals surface area contributed by atoms with Gasteiger partial charge in [-0.3, -0.25) is 0 Å². The van der Waals surface area contributed by atoms with E-state index in [1.807, 2.05) is 84.9 Å². The third kappa shape index (κ3) is 6.66. The molecule has 5 atom stereocenters. The van der Waals surface area contributed by atoms with Gasteiger partial charge in [-0.25, -0.2) is 4.79 Å². The Morgan fingerprint density at radius 3 is 2.04 bits per heavy atom. The number of hydrogen-bond donors (Lipinski definition) is 3. The highest BCUT2D eigenvalue weighted by Gasteiger charge is 2.52. The maximum absolute atomic E-state index is 13.5. The Balaban J connectivity index is 1.32. The molecule has 10 nitrogen and oxygen atoms in total. The van der Waals surface area contributed by atoms with Crippen LogP contribution >= 0.6 is 0 Å². The van der Waals surface area contributed by atoms with Crippen LogP contribution in [0.5, 0.6) is 23.0 Å². The Hall–Kier alpha value is -4.61. The second kappa shape index (κ2) is 14.2. The highest BCUT2D eigenvalue weighted by molar-refractivity contribution is 5.95. The van der Waals surface area contributed by atoms with Crippen LogP contribution in [0.1, 0.15) is 38.7 Å². The molecule has 0 aromatic heterocycles. The van der Waals surface area contributed by atoms with E-state index in [4.69, 9.17) is 28.4 Å². The fourth-order valence-electron chi connectivity index (χ4n) is 5.75. The van der Waals surface area contributed by atoms with Gasteiger partial charge in [0, 0.05) is 18.7 Å². The van der Waals surface area contributed by atoms with E-state index in [-0.39, 0.29) is 42.6 Å². The second-order valence-electron chi connectivity index (χ2n) is 11.2. The predicted molar refractivity (Wildman–Crippen MR) is 168 cm³/mol. The fraction of sp³-hybridized carbons (Fsp3) is 0.306. The molecule has 3 N–H and O–H groups in total. The van der Waals surface area contributed by atoms with Gasteiger partial charge in [0.25, 0.3) is 0 Å². The van der Waals surface area contributed by atoms with E-state index < -0.39 is 36.5 Å². The number of hydrogen-bond acceptors (Lipinski definition) is 10. The molecule has 4 aromatic rings. The summed E-state index contributed by atoms with van der Waals surface area (Å²) in [6.07, 6.45) is -5.69. The summed E-state index contributed by atoms with van der Waals surface area (Å²) in [7, 11) is 3.11. The van der Waals surface area contributed by atoms with Gasteiger partial charge >= 0.3 is 5.97 Å². The number of methoxy groups -OCH3 is 2. The second-order valence-corrected chi connectivity index (χ2v) is 11.2. The van der Waals surface area contributed by atoms with Gasteiger partial charge in [-0.05, 0) is 34.9 Å². The molecule has 0 radical (unpaired) electrons. The molecule has 1 fully saturated rings. The summed E-state index contributed by atoms with van der Waals surface area (Å²) in [5.74, 6) is 0.866. The molecule has 0 aliphatic carbocycles. The van der Waals surface area contributed by atoms with E-state index in [9.17, 15) is 15.0 Å². The Kier molecular flexibility index (Phi) is 9.70. The number of aliphatic hydroxyl groups excluding tert-OH is 2. The molecule has 2 aliphatic heterocycles. The van der Waals surface area contributed by atoms with Crippen molar-refractivity contribution in [3.63, 3.8) is 0 Å². The van der Waals surface area contributed by atoms with E-state index in [2.05, 4.69) is 5.32 Å². The van der Waals surface area contributed by atoms with Gasteiger partial charge in [-0.15, -0.1) is 0 Å². The first-order valence-corrected chi connectivity index (χ1v) is 15.1. The van der Waals surface area contributed by atoms with Gasteiger partial charge in [-0.2, -0.15) is 0 Å². The summed E-state index contributed by atoms with van der Waals surface area (Å²) >= 11 is 0. The molecule has 6 rings (SSSR count). The average molecular weight is 628 g/mol. The molecule has 0 spiro atoms. The molecule has 4 aromatic carbocycles. The van der Waals surface area contributed by atoms with Crippen molar-refractivity contribution >= 4 is 5.97 Å². The highest BCUT2D eigenvalue weighted by Crippen LogP contribution is 2.51. The first-order chi connectivity index (χ1) is 22.5. The lowest BCUT2D eigenvalue weighted by atomic mass is 9.86. The van der Waals surface area contributed by atoms with Gasteiger partial charge in [0.1, 0.15) is 37.3 Å². The Bertz CT molecular complexity index is 1610. The van der Waals surface area contributed by atoms with Crippen LogP contribution in [-0.2, 0) is 29.2 Å². The van der Waals surface area contributed by atoms with E-state index in [0.29, 0.717) is 12.1 Å². The lowest BCUT2D eigenvalue weighted by Gasteiger charge is -2.45. The van der Waals surface area contributed by atoms with Crippen molar-refractivity contribution in [2.45, 2.75) is 50.3 Å². The minimum Gasteiger partial charge on any atom is -0.497 e. The van der Waals surface area contributed by atoms with Gasteiger partial charge in [-0.1, -0.05) is 72.8 Å². The van der Waals surface area contributed by atoms with Crippen LogP contribution in [0.2, 0.25) is 0 Å². The number of ether oxygens (including phenoxy) is 6. The smallest absolute Gasteiger partial charge is 0.339 e. The van der Waals surface area contributed by atoms with Gasteiger partial charge < -0.3 is 44.0 Å². The zero-order valence-corrected chi connectivity index (χ0v) is 25.6. The van der Waals surface area contributed by atoms with Crippen LogP contribution < -0.4 is 24.3 Å². The topological polar surface area (TPSA) is 125 Å². The van der Waals surface area contributed by atoms with Crippen molar-refractivity contribution in [3.8, 4) is 23.0 Å². The number of benzene rings is 4. The zero-order valence-electron chi connectivity index (χ0n) is 25.6. The van der Waals surface area contributed by atoms with Crippen molar-refractivity contribution in [1.82, 2.24) is 5.32 Å². The maximum atomic E-state index is 13.5. The number of carbonyl (C=O) groups is 1.